The number of azide groups is 1. The molecule has 4 atom stereocenters. The van der Waals surface area contributed by atoms with Crippen molar-refractivity contribution in [3.63, 3.8) is 0 Å². The number of carbonyl (C=O) groups is 1. The van der Waals surface area contributed by atoms with Crippen LogP contribution in [-0.4, -0.2) is 55.6 Å². The summed E-state index contributed by atoms with van der Waals surface area (Å²) in [6, 6.07) is -0.981. The molecule has 0 N–H and O–H groups in total. The molecule has 0 bridgehead atoms. The first kappa shape index (κ1) is 18.0. The van der Waals surface area contributed by atoms with E-state index in [9.17, 15) is 4.79 Å². The van der Waals surface area contributed by atoms with Gasteiger partial charge in [-0.2, -0.15) is 0 Å². The molecule has 9 nitrogen and oxygen atoms in total. The third-order valence-electron chi connectivity index (χ3n) is 3.74. The van der Waals surface area contributed by atoms with Gasteiger partial charge in [0, 0.05) is 4.91 Å². The number of carbonyl (C=O) groups excluding carboxylic acids is 1. The lowest BCUT2D eigenvalue weighted by atomic mass is 10.0. The zero-order valence-electron chi connectivity index (χ0n) is 14.0. The minimum Gasteiger partial charge on any atom is -0.469 e. The van der Waals surface area contributed by atoms with E-state index in [0.717, 1.165) is 0 Å². The Morgan fingerprint density at radius 1 is 1.30 bits per heavy atom. The maximum Gasteiger partial charge on any atom is 0.314 e. The van der Waals surface area contributed by atoms with Crippen molar-refractivity contribution < 1.29 is 28.5 Å². The lowest BCUT2D eigenvalue weighted by Gasteiger charge is -2.24. The van der Waals surface area contributed by atoms with Gasteiger partial charge in [-0.1, -0.05) is 5.11 Å². The normalized spacial score (nSPS) is 33.0. The molecule has 0 aliphatic carbocycles. The Hall–Kier alpha value is -1.38. The van der Waals surface area contributed by atoms with E-state index in [4.69, 9.17) is 24.5 Å². The van der Waals surface area contributed by atoms with Crippen LogP contribution in [0.3, 0.4) is 0 Å². The van der Waals surface area contributed by atoms with Crippen LogP contribution in [0.4, 0.5) is 0 Å². The van der Waals surface area contributed by atoms with Crippen molar-refractivity contribution in [1.29, 1.82) is 0 Å². The van der Waals surface area contributed by atoms with Crippen molar-refractivity contribution >= 4 is 5.97 Å². The fraction of sp³-hybridized carbons (Fsp3) is 0.929. The first-order valence-electron chi connectivity index (χ1n) is 7.47. The summed E-state index contributed by atoms with van der Waals surface area (Å²) in [4.78, 5) is 14.4. The van der Waals surface area contributed by atoms with Crippen LogP contribution in [0, 0.1) is 0 Å². The molecule has 2 heterocycles. The minimum absolute atomic E-state index is 0.144. The predicted octanol–water partition coefficient (Wildman–Crippen LogP) is 1.90. The molecule has 0 aromatic carbocycles. The highest BCUT2D eigenvalue weighted by Gasteiger charge is 2.50. The summed E-state index contributed by atoms with van der Waals surface area (Å²) in [5.41, 5.74) is 8.64. The number of hydrogen-bond acceptors (Lipinski definition) is 7. The quantitative estimate of drug-likeness (QED) is 0.329. The smallest absolute Gasteiger partial charge is 0.314 e. The highest BCUT2D eigenvalue weighted by Crippen LogP contribution is 2.37. The van der Waals surface area contributed by atoms with Gasteiger partial charge in [-0.15, -0.1) is 0 Å². The molecule has 2 aliphatic heterocycles. The number of esters is 1. The monoisotopic (exact) mass is 329 g/mol. The summed E-state index contributed by atoms with van der Waals surface area (Å²) in [5.74, 6) is -2.14. The van der Waals surface area contributed by atoms with Crippen LogP contribution in [0.15, 0.2) is 5.11 Å². The summed E-state index contributed by atoms with van der Waals surface area (Å²) in [6.45, 7) is 7.56. The van der Waals surface area contributed by atoms with Gasteiger partial charge in [-0.3, -0.25) is 4.79 Å². The van der Waals surface area contributed by atoms with E-state index in [2.05, 4.69) is 14.8 Å². The Morgan fingerprint density at radius 2 is 2.00 bits per heavy atom. The van der Waals surface area contributed by atoms with Gasteiger partial charge in [0.05, 0.1) is 19.8 Å². The lowest BCUT2D eigenvalue weighted by Crippen LogP contribution is -2.40. The van der Waals surface area contributed by atoms with Gasteiger partial charge in [0.1, 0.15) is 18.2 Å². The van der Waals surface area contributed by atoms with Crippen molar-refractivity contribution in [3.05, 3.63) is 10.4 Å². The fourth-order valence-corrected chi connectivity index (χ4v) is 2.85. The largest absolute Gasteiger partial charge is 0.469 e. The second-order valence-corrected chi connectivity index (χ2v) is 6.49. The molecule has 0 aromatic rings. The maximum absolute atomic E-state index is 11.7. The van der Waals surface area contributed by atoms with Crippen molar-refractivity contribution in [1.82, 2.24) is 0 Å². The standard InChI is InChI=1S/C14H23N3O6/c1-13(2)20-7-10(22-13)11-9(21-14(3,4)23-11)6-8(16-17-15)12(18)19-5/h8-11H,6-7H2,1-5H3/t8-,9+,10+,11-/m0/s1. The fourth-order valence-electron chi connectivity index (χ4n) is 2.85. The molecular formula is C14H23N3O6. The summed E-state index contributed by atoms with van der Waals surface area (Å²) in [5, 5.41) is 3.49. The Labute approximate surface area is 134 Å². The molecular weight excluding hydrogens is 306 g/mol. The molecule has 0 spiro atoms. The first-order valence-corrected chi connectivity index (χ1v) is 7.47. The van der Waals surface area contributed by atoms with Gasteiger partial charge in [0.25, 0.3) is 0 Å². The average Bonchev–Trinajstić information content (AvgIpc) is 2.96. The van der Waals surface area contributed by atoms with Crippen LogP contribution in [0.1, 0.15) is 34.1 Å². The molecule has 0 amide bonds. The van der Waals surface area contributed by atoms with E-state index < -0.39 is 35.8 Å². The van der Waals surface area contributed by atoms with E-state index in [1.54, 1.807) is 13.8 Å². The van der Waals surface area contributed by atoms with Crippen molar-refractivity contribution in [2.24, 2.45) is 5.11 Å². The Bertz CT molecular complexity index is 503. The predicted molar refractivity (Wildman–Crippen MR) is 78.3 cm³/mol. The highest BCUT2D eigenvalue weighted by atomic mass is 16.8. The van der Waals surface area contributed by atoms with E-state index in [1.807, 2.05) is 13.8 Å². The lowest BCUT2D eigenvalue weighted by molar-refractivity contribution is -0.174. The maximum atomic E-state index is 11.7. The molecule has 0 aromatic heterocycles. The molecule has 0 saturated carbocycles. The summed E-state index contributed by atoms with van der Waals surface area (Å²) >= 11 is 0. The molecule has 2 rings (SSSR count). The molecule has 0 unspecified atom stereocenters. The van der Waals surface area contributed by atoms with Crippen molar-refractivity contribution in [2.45, 2.75) is 70.0 Å². The van der Waals surface area contributed by atoms with Crippen molar-refractivity contribution in [2.75, 3.05) is 13.7 Å². The first-order chi connectivity index (χ1) is 10.7. The highest BCUT2D eigenvalue weighted by molar-refractivity contribution is 5.75. The van der Waals surface area contributed by atoms with Crippen LogP contribution in [-0.2, 0) is 28.5 Å². The van der Waals surface area contributed by atoms with Crippen LogP contribution in [0.25, 0.3) is 10.4 Å². The molecule has 2 aliphatic rings. The third kappa shape index (κ3) is 4.33. The molecule has 23 heavy (non-hydrogen) atoms. The van der Waals surface area contributed by atoms with Gasteiger partial charge in [-0.05, 0) is 39.6 Å². The SMILES string of the molecule is COC(=O)[C@H](C[C@H]1OC(C)(C)O[C@@H]1[C@H]1COC(C)(C)O1)N=[N+]=[N-]. The van der Waals surface area contributed by atoms with Crippen LogP contribution >= 0.6 is 0 Å². The summed E-state index contributed by atoms with van der Waals surface area (Å²) < 4.78 is 27.9. The average molecular weight is 329 g/mol. The van der Waals surface area contributed by atoms with Crippen LogP contribution in [0.5, 0.6) is 0 Å². The Kier molecular flexibility index (Phi) is 5.17. The third-order valence-corrected chi connectivity index (χ3v) is 3.74. The Morgan fingerprint density at radius 3 is 2.52 bits per heavy atom. The summed E-state index contributed by atoms with van der Waals surface area (Å²) in [6.07, 6.45) is -1.11. The second kappa shape index (κ2) is 6.62. The Balaban J connectivity index is 2.13. The molecule has 9 heteroatoms. The number of ether oxygens (including phenoxy) is 5. The number of rotatable bonds is 5. The second-order valence-electron chi connectivity index (χ2n) is 6.49. The van der Waals surface area contributed by atoms with Gasteiger partial charge < -0.3 is 23.7 Å². The topological polar surface area (TPSA) is 112 Å². The van der Waals surface area contributed by atoms with Crippen LogP contribution in [0.2, 0.25) is 0 Å². The zero-order valence-corrected chi connectivity index (χ0v) is 14.0. The van der Waals surface area contributed by atoms with E-state index in [0.29, 0.717) is 6.61 Å². The van der Waals surface area contributed by atoms with E-state index >= 15 is 0 Å². The summed E-state index contributed by atoms with van der Waals surface area (Å²) in [7, 11) is 1.24. The van der Waals surface area contributed by atoms with Gasteiger partial charge >= 0.3 is 5.97 Å². The molecule has 130 valence electrons. The number of nitrogens with zero attached hydrogens (tertiary/aromatic N) is 3. The van der Waals surface area contributed by atoms with Gasteiger partial charge in [0.2, 0.25) is 0 Å². The van der Waals surface area contributed by atoms with Gasteiger partial charge in [0.15, 0.2) is 11.6 Å². The van der Waals surface area contributed by atoms with E-state index in [-0.39, 0.29) is 12.5 Å². The van der Waals surface area contributed by atoms with Crippen LogP contribution < -0.4 is 0 Å². The number of hydrogen-bond donors (Lipinski definition) is 0. The molecule has 2 fully saturated rings. The minimum atomic E-state index is -0.981. The van der Waals surface area contributed by atoms with Crippen molar-refractivity contribution in [3.8, 4) is 0 Å². The molecule has 2 saturated heterocycles. The number of methoxy groups -OCH3 is 1. The van der Waals surface area contributed by atoms with E-state index in [1.165, 1.54) is 7.11 Å². The molecule has 0 radical (unpaired) electrons. The zero-order chi connectivity index (χ0) is 17.3. The van der Waals surface area contributed by atoms with Gasteiger partial charge in [-0.25, -0.2) is 0 Å².